The van der Waals surface area contributed by atoms with Crippen LogP contribution in [0.5, 0.6) is 5.75 Å². The van der Waals surface area contributed by atoms with Crippen LogP contribution in [0.15, 0.2) is 18.2 Å². The zero-order valence-corrected chi connectivity index (χ0v) is 12.1. The molecule has 3 rings (SSSR count). The minimum Gasteiger partial charge on any atom is -0.508 e. The Labute approximate surface area is 116 Å². The topological polar surface area (TPSA) is 23.5 Å². The monoisotopic (exact) mass is 259 g/mol. The summed E-state index contributed by atoms with van der Waals surface area (Å²) in [5, 5.41) is 10.1. The molecule has 2 aliphatic rings. The van der Waals surface area contributed by atoms with Gasteiger partial charge in [0.25, 0.3) is 0 Å². The first kappa shape index (κ1) is 13.0. The molecule has 104 valence electrons. The number of benzene rings is 1. The van der Waals surface area contributed by atoms with Crippen molar-refractivity contribution in [2.24, 2.45) is 5.92 Å². The van der Waals surface area contributed by atoms with Crippen molar-refractivity contribution in [3.05, 3.63) is 29.3 Å². The summed E-state index contributed by atoms with van der Waals surface area (Å²) in [5.74, 6) is 1.36. The maximum absolute atomic E-state index is 10.1. The van der Waals surface area contributed by atoms with E-state index >= 15 is 0 Å². The van der Waals surface area contributed by atoms with Crippen molar-refractivity contribution in [2.45, 2.75) is 58.0 Å². The summed E-state index contributed by atoms with van der Waals surface area (Å²) in [7, 11) is 0. The van der Waals surface area contributed by atoms with E-state index in [1.807, 2.05) is 12.1 Å². The first-order chi connectivity index (χ1) is 9.16. The Morgan fingerprint density at radius 1 is 1.21 bits per heavy atom. The van der Waals surface area contributed by atoms with Gasteiger partial charge in [-0.25, -0.2) is 0 Å². The van der Waals surface area contributed by atoms with Gasteiger partial charge in [-0.3, -0.25) is 4.90 Å². The second-order valence-electron chi connectivity index (χ2n) is 6.38. The number of likely N-dealkylation sites (tertiary alicyclic amines) is 1. The molecule has 0 aromatic heterocycles. The third-order valence-electron chi connectivity index (χ3n) is 5.17. The molecule has 2 fully saturated rings. The number of aryl methyl sites for hydroxylation is 1. The van der Waals surface area contributed by atoms with Crippen LogP contribution in [-0.4, -0.2) is 22.6 Å². The van der Waals surface area contributed by atoms with Crippen molar-refractivity contribution in [1.29, 1.82) is 0 Å². The van der Waals surface area contributed by atoms with E-state index in [-0.39, 0.29) is 0 Å². The van der Waals surface area contributed by atoms with Gasteiger partial charge in [0.2, 0.25) is 0 Å². The maximum Gasteiger partial charge on any atom is 0.120 e. The molecule has 1 saturated carbocycles. The smallest absolute Gasteiger partial charge is 0.120 e. The third kappa shape index (κ3) is 2.38. The molecular weight excluding hydrogens is 234 g/mol. The lowest BCUT2D eigenvalue weighted by atomic mass is 9.89. The molecule has 2 nitrogen and oxygen atoms in total. The molecule has 1 aliphatic carbocycles. The predicted molar refractivity (Wildman–Crippen MR) is 78.3 cm³/mol. The average molecular weight is 259 g/mol. The molecule has 1 aromatic carbocycles. The summed E-state index contributed by atoms with van der Waals surface area (Å²) >= 11 is 0. The molecule has 19 heavy (non-hydrogen) atoms. The molecule has 3 atom stereocenters. The summed E-state index contributed by atoms with van der Waals surface area (Å²) in [5.41, 5.74) is 2.34. The van der Waals surface area contributed by atoms with Crippen LogP contribution >= 0.6 is 0 Å². The molecule has 0 radical (unpaired) electrons. The normalized spacial score (nSPS) is 29.2. The predicted octanol–water partition coefficient (Wildman–Crippen LogP) is 4.03. The molecule has 1 heterocycles. The highest BCUT2D eigenvalue weighted by Crippen LogP contribution is 2.41. The summed E-state index contributed by atoms with van der Waals surface area (Å²) < 4.78 is 0. The lowest BCUT2D eigenvalue weighted by Crippen LogP contribution is -2.43. The minimum absolute atomic E-state index is 0.339. The van der Waals surface area contributed by atoms with E-state index in [1.54, 1.807) is 0 Å². The van der Waals surface area contributed by atoms with E-state index in [0.717, 1.165) is 17.5 Å². The van der Waals surface area contributed by atoms with Gasteiger partial charge in [-0.2, -0.15) is 0 Å². The van der Waals surface area contributed by atoms with Crippen LogP contribution in [0.3, 0.4) is 0 Å². The molecule has 0 spiro atoms. The summed E-state index contributed by atoms with van der Waals surface area (Å²) in [4.78, 5) is 2.65. The lowest BCUT2D eigenvalue weighted by molar-refractivity contribution is 0.0734. The number of piperidine rings is 1. The van der Waals surface area contributed by atoms with Crippen molar-refractivity contribution in [3.63, 3.8) is 0 Å². The Bertz CT molecular complexity index is 457. The Hall–Kier alpha value is -1.02. The summed E-state index contributed by atoms with van der Waals surface area (Å²) in [6, 6.07) is 7.07. The van der Waals surface area contributed by atoms with E-state index in [4.69, 9.17) is 0 Å². The molecule has 1 saturated heterocycles. The van der Waals surface area contributed by atoms with Crippen LogP contribution in [-0.2, 0) is 0 Å². The third-order valence-corrected chi connectivity index (χ3v) is 5.17. The Kier molecular flexibility index (Phi) is 3.53. The number of rotatable bonds is 2. The van der Waals surface area contributed by atoms with Crippen molar-refractivity contribution in [2.75, 3.05) is 6.54 Å². The molecule has 1 aromatic rings. The molecule has 1 N–H and O–H groups in total. The fourth-order valence-electron chi connectivity index (χ4n) is 4.16. The van der Waals surface area contributed by atoms with Crippen molar-refractivity contribution in [1.82, 2.24) is 4.90 Å². The highest BCUT2D eigenvalue weighted by Gasteiger charge is 2.37. The van der Waals surface area contributed by atoms with Gasteiger partial charge in [0.1, 0.15) is 5.75 Å². The van der Waals surface area contributed by atoms with Crippen molar-refractivity contribution >= 4 is 0 Å². The molecule has 0 bridgehead atoms. The van der Waals surface area contributed by atoms with E-state index in [2.05, 4.69) is 24.8 Å². The van der Waals surface area contributed by atoms with Gasteiger partial charge >= 0.3 is 0 Å². The van der Waals surface area contributed by atoms with Gasteiger partial charge in [0, 0.05) is 17.6 Å². The van der Waals surface area contributed by atoms with Gasteiger partial charge < -0.3 is 5.11 Å². The van der Waals surface area contributed by atoms with Gasteiger partial charge in [0.05, 0.1) is 0 Å². The number of hydrogen-bond acceptors (Lipinski definition) is 2. The molecule has 0 amide bonds. The number of fused-ring (bicyclic) bond motifs is 1. The fraction of sp³-hybridized carbons (Fsp3) is 0.647. The minimum atomic E-state index is 0.339. The standard InChI is InChI=1S/C17H25NO/c1-12-8-9-17(19)15(11-12)13(2)18-10-4-6-14-5-3-7-16(14)18/h8-9,11,13-14,16,19H,3-7,10H2,1-2H3. The SMILES string of the molecule is Cc1ccc(O)c(C(C)N2CCCC3CCCC32)c1. The number of nitrogens with zero attached hydrogens (tertiary/aromatic N) is 1. The quantitative estimate of drug-likeness (QED) is 0.867. The van der Waals surface area contributed by atoms with E-state index in [9.17, 15) is 5.11 Å². The van der Waals surface area contributed by atoms with Crippen molar-refractivity contribution < 1.29 is 5.11 Å². The Balaban J connectivity index is 1.86. The van der Waals surface area contributed by atoms with E-state index < -0.39 is 0 Å². The van der Waals surface area contributed by atoms with Gasteiger partial charge in [-0.15, -0.1) is 0 Å². The number of phenolic OH excluding ortho intramolecular Hbond substituents is 1. The van der Waals surface area contributed by atoms with Crippen LogP contribution in [0.4, 0.5) is 0 Å². The highest BCUT2D eigenvalue weighted by molar-refractivity contribution is 5.38. The van der Waals surface area contributed by atoms with Crippen LogP contribution in [0.1, 0.15) is 56.2 Å². The Morgan fingerprint density at radius 3 is 2.84 bits per heavy atom. The van der Waals surface area contributed by atoms with Gasteiger partial charge in [-0.1, -0.05) is 24.1 Å². The molecule has 3 unspecified atom stereocenters. The summed E-state index contributed by atoms with van der Waals surface area (Å²) in [6.07, 6.45) is 6.87. The molecule has 1 aliphatic heterocycles. The lowest BCUT2D eigenvalue weighted by Gasteiger charge is -2.42. The maximum atomic E-state index is 10.1. The first-order valence-corrected chi connectivity index (χ1v) is 7.72. The zero-order valence-electron chi connectivity index (χ0n) is 12.1. The largest absolute Gasteiger partial charge is 0.508 e. The van der Waals surface area contributed by atoms with Crippen LogP contribution in [0, 0.1) is 12.8 Å². The first-order valence-electron chi connectivity index (χ1n) is 7.72. The second-order valence-corrected chi connectivity index (χ2v) is 6.38. The van der Waals surface area contributed by atoms with Crippen LogP contribution < -0.4 is 0 Å². The van der Waals surface area contributed by atoms with Gasteiger partial charge in [-0.05, 0) is 58.1 Å². The zero-order chi connectivity index (χ0) is 13.4. The molecule has 2 heteroatoms. The van der Waals surface area contributed by atoms with Crippen molar-refractivity contribution in [3.8, 4) is 5.75 Å². The highest BCUT2D eigenvalue weighted by atomic mass is 16.3. The van der Waals surface area contributed by atoms with Gasteiger partial charge in [0.15, 0.2) is 0 Å². The Morgan fingerprint density at radius 2 is 2.00 bits per heavy atom. The fourth-order valence-corrected chi connectivity index (χ4v) is 4.16. The van der Waals surface area contributed by atoms with Crippen LogP contribution in [0.2, 0.25) is 0 Å². The number of phenols is 1. The number of hydrogen-bond donors (Lipinski definition) is 1. The average Bonchev–Trinajstić information content (AvgIpc) is 2.89. The summed E-state index contributed by atoms with van der Waals surface area (Å²) in [6.45, 7) is 5.55. The number of aromatic hydroxyl groups is 1. The van der Waals surface area contributed by atoms with Crippen LogP contribution in [0.25, 0.3) is 0 Å². The van der Waals surface area contributed by atoms with E-state index in [1.165, 1.54) is 44.2 Å². The van der Waals surface area contributed by atoms with E-state index in [0.29, 0.717) is 11.8 Å². The second kappa shape index (κ2) is 5.16. The molecular formula is C17H25NO.